The second kappa shape index (κ2) is 7.86. The minimum atomic E-state index is -0.680. The third-order valence-corrected chi connectivity index (χ3v) is 3.33. The third kappa shape index (κ3) is 4.74. The van der Waals surface area contributed by atoms with E-state index in [1.165, 1.54) is 12.1 Å². The Morgan fingerprint density at radius 1 is 1.12 bits per heavy atom. The van der Waals surface area contributed by atoms with E-state index >= 15 is 0 Å². The second-order valence-corrected chi connectivity index (χ2v) is 5.22. The lowest BCUT2D eigenvalue weighted by Crippen LogP contribution is -2.29. The molecular weight excluding hydrogens is 326 g/mol. The molecule has 0 atom stereocenters. The summed E-state index contributed by atoms with van der Waals surface area (Å²) in [5.74, 6) is 0.568. The van der Waals surface area contributed by atoms with Crippen LogP contribution in [0.4, 0.5) is 22.7 Å². The molecule has 0 amide bonds. The number of nitrogens with zero attached hydrogens (tertiary/aromatic N) is 3. The Kier molecular flexibility index (Phi) is 5.62. The van der Waals surface area contributed by atoms with Crippen molar-refractivity contribution >= 4 is 28.6 Å². The molecule has 0 unspecified atom stereocenters. The van der Waals surface area contributed by atoms with Crippen LogP contribution in [0.15, 0.2) is 47.5 Å². The zero-order valence-electron chi connectivity index (χ0n) is 13.7. The molecule has 0 fully saturated rings. The van der Waals surface area contributed by atoms with Gasteiger partial charge in [0.2, 0.25) is 0 Å². The summed E-state index contributed by atoms with van der Waals surface area (Å²) in [6, 6.07) is 11.0. The van der Waals surface area contributed by atoms with Gasteiger partial charge in [0.25, 0.3) is 5.69 Å². The Hall–Kier alpha value is -3.49. The highest BCUT2D eigenvalue weighted by atomic mass is 16.6. The molecule has 0 aliphatic rings. The fraction of sp³-hybridized carbons (Fsp3) is 0.188. The van der Waals surface area contributed by atoms with Crippen LogP contribution in [0.3, 0.4) is 0 Å². The highest BCUT2D eigenvalue weighted by Gasteiger charge is 2.19. The van der Waals surface area contributed by atoms with Gasteiger partial charge in [-0.15, -0.1) is 0 Å². The minimum absolute atomic E-state index is 0.112. The smallest absolute Gasteiger partial charge is 0.293 e. The van der Waals surface area contributed by atoms with Crippen LogP contribution in [-0.2, 0) is 0 Å². The number of nitrogens with one attached hydrogen (secondary N) is 2. The van der Waals surface area contributed by atoms with Gasteiger partial charge in [0, 0.05) is 12.5 Å². The van der Waals surface area contributed by atoms with E-state index in [1.54, 1.807) is 0 Å². The van der Waals surface area contributed by atoms with Gasteiger partial charge in [-0.2, -0.15) is 0 Å². The molecule has 0 spiro atoms. The van der Waals surface area contributed by atoms with E-state index in [4.69, 9.17) is 0 Å². The van der Waals surface area contributed by atoms with Gasteiger partial charge in [0.15, 0.2) is 0 Å². The zero-order chi connectivity index (χ0) is 18.4. The normalized spacial score (nSPS) is 11.0. The number of rotatable bonds is 6. The first kappa shape index (κ1) is 17.9. The molecule has 9 heteroatoms. The van der Waals surface area contributed by atoms with Crippen LogP contribution in [0.5, 0.6) is 0 Å². The molecule has 9 nitrogen and oxygen atoms in total. The van der Waals surface area contributed by atoms with Crippen molar-refractivity contribution in [3.8, 4) is 0 Å². The number of non-ortho nitro benzene ring substituents is 1. The molecule has 2 rings (SSSR count). The van der Waals surface area contributed by atoms with Gasteiger partial charge >= 0.3 is 5.69 Å². The fourth-order valence-corrected chi connectivity index (χ4v) is 2.08. The van der Waals surface area contributed by atoms with Crippen molar-refractivity contribution in [2.75, 3.05) is 5.43 Å². The number of benzene rings is 2. The number of aryl methyl sites for hydroxylation is 1. The SMILES string of the molecule is CCC(=Nc1cccc(C)c1)NNc1ccc([N+](=O)[O-])cc1[N+](=O)[O-]. The highest BCUT2D eigenvalue weighted by molar-refractivity contribution is 5.86. The number of nitro groups is 2. The summed E-state index contributed by atoms with van der Waals surface area (Å²) < 4.78 is 0. The van der Waals surface area contributed by atoms with Gasteiger partial charge in [-0.05, 0) is 30.7 Å². The largest absolute Gasteiger partial charge is 0.300 e. The highest BCUT2D eigenvalue weighted by Crippen LogP contribution is 2.28. The van der Waals surface area contributed by atoms with E-state index < -0.39 is 15.5 Å². The summed E-state index contributed by atoms with van der Waals surface area (Å²) >= 11 is 0. The van der Waals surface area contributed by atoms with Crippen LogP contribution >= 0.6 is 0 Å². The summed E-state index contributed by atoms with van der Waals surface area (Å²) in [6.45, 7) is 3.84. The number of anilines is 1. The molecule has 2 aromatic rings. The molecule has 0 aliphatic heterocycles. The molecule has 2 aromatic carbocycles. The number of aliphatic imine (C=N–C) groups is 1. The standard InChI is InChI=1S/C16H17N5O4/c1-3-16(17-12-6-4-5-11(2)9-12)19-18-14-8-7-13(20(22)23)10-15(14)21(24)25/h4-10,18H,3H2,1-2H3,(H,17,19). The Balaban J connectivity index is 2.21. The Labute approximate surface area is 143 Å². The van der Waals surface area contributed by atoms with Crippen LogP contribution in [0.25, 0.3) is 0 Å². The molecule has 0 bridgehead atoms. The first-order valence-corrected chi connectivity index (χ1v) is 7.49. The maximum Gasteiger partial charge on any atom is 0.300 e. The second-order valence-electron chi connectivity index (χ2n) is 5.22. The van der Waals surface area contributed by atoms with Gasteiger partial charge < -0.3 is 0 Å². The lowest BCUT2D eigenvalue weighted by atomic mass is 10.2. The number of hydrazine groups is 1. The summed E-state index contributed by atoms with van der Waals surface area (Å²) in [5.41, 5.74) is 6.71. The molecule has 0 saturated heterocycles. The lowest BCUT2D eigenvalue weighted by Gasteiger charge is -2.11. The topological polar surface area (TPSA) is 123 Å². The van der Waals surface area contributed by atoms with Crippen molar-refractivity contribution in [3.63, 3.8) is 0 Å². The first-order chi connectivity index (χ1) is 11.9. The van der Waals surface area contributed by atoms with Gasteiger partial charge in [-0.1, -0.05) is 19.1 Å². The molecule has 0 saturated carbocycles. The van der Waals surface area contributed by atoms with Crippen molar-refractivity contribution in [1.29, 1.82) is 0 Å². The number of hydrogen-bond donors (Lipinski definition) is 2. The molecule has 0 aliphatic carbocycles. The summed E-state index contributed by atoms with van der Waals surface area (Å²) in [6.07, 6.45) is 0.557. The van der Waals surface area contributed by atoms with Crippen LogP contribution in [0, 0.1) is 27.2 Å². The van der Waals surface area contributed by atoms with E-state index in [9.17, 15) is 20.2 Å². The van der Waals surface area contributed by atoms with E-state index in [0.717, 1.165) is 17.3 Å². The molecule has 2 N–H and O–H groups in total. The quantitative estimate of drug-likeness (QED) is 0.355. The van der Waals surface area contributed by atoms with Crippen molar-refractivity contribution in [2.45, 2.75) is 20.3 Å². The van der Waals surface area contributed by atoms with Gasteiger partial charge in [-0.25, -0.2) is 4.99 Å². The van der Waals surface area contributed by atoms with Crippen LogP contribution in [0.1, 0.15) is 18.9 Å². The maximum absolute atomic E-state index is 11.1. The van der Waals surface area contributed by atoms with Gasteiger partial charge in [0.05, 0.1) is 21.6 Å². The summed E-state index contributed by atoms with van der Waals surface area (Å²) in [4.78, 5) is 25.0. The fourth-order valence-electron chi connectivity index (χ4n) is 2.08. The molecule has 0 aromatic heterocycles. The van der Waals surface area contributed by atoms with Crippen LogP contribution < -0.4 is 10.9 Å². The van der Waals surface area contributed by atoms with E-state index in [-0.39, 0.29) is 11.4 Å². The average Bonchev–Trinajstić information content (AvgIpc) is 2.58. The summed E-state index contributed by atoms with van der Waals surface area (Å²) in [7, 11) is 0. The van der Waals surface area contributed by atoms with Gasteiger partial charge in [-0.3, -0.25) is 31.1 Å². The molecule has 130 valence electrons. The first-order valence-electron chi connectivity index (χ1n) is 7.49. The van der Waals surface area contributed by atoms with Crippen LogP contribution in [0.2, 0.25) is 0 Å². The Morgan fingerprint density at radius 2 is 1.88 bits per heavy atom. The van der Waals surface area contributed by atoms with Crippen molar-refractivity contribution < 1.29 is 9.85 Å². The molecule has 0 radical (unpaired) electrons. The zero-order valence-corrected chi connectivity index (χ0v) is 13.7. The summed E-state index contributed by atoms with van der Waals surface area (Å²) in [5, 5.41) is 21.9. The van der Waals surface area contributed by atoms with E-state index in [0.29, 0.717) is 12.3 Å². The monoisotopic (exact) mass is 343 g/mol. The van der Waals surface area contributed by atoms with E-state index in [2.05, 4.69) is 15.8 Å². The van der Waals surface area contributed by atoms with Crippen molar-refractivity contribution in [2.24, 2.45) is 4.99 Å². The maximum atomic E-state index is 11.1. The molecule has 0 heterocycles. The average molecular weight is 343 g/mol. The minimum Gasteiger partial charge on any atom is -0.293 e. The Morgan fingerprint density at radius 3 is 2.48 bits per heavy atom. The number of nitro benzene ring substituents is 2. The van der Waals surface area contributed by atoms with Gasteiger partial charge in [0.1, 0.15) is 11.5 Å². The van der Waals surface area contributed by atoms with Crippen molar-refractivity contribution in [1.82, 2.24) is 5.43 Å². The van der Waals surface area contributed by atoms with Crippen molar-refractivity contribution in [3.05, 3.63) is 68.3 Å². The molecular formula is C16H17N5O4. The van der Waals surface area contributed by atoms with E-state index in [1.807, 2.05) is 38.1 Å². The van der Waals surface area contributed by atoms with Crippen LogP contribution in [-0.4, -0.2) is 15.7 Å². The number of amidine groups is 1. The predicted octanol–water partition coefficient (Wildman–Crippen LogP) is 3.87. The third-order valence-electron chi connectivity index (χ3n) is 3.33. The predicted molar refractivity (Wildman–Crippen MR) is 95.1 cm³/mol. The molecule has 25 heavy (non-hydrogen) atoms. The number of hydrogen-bond acceptors (Lipinski definition) is 6. The lowest BCUT2D eigenvalue weighted by molar-refractivity contribution is -0.393. The Bertz CT molecular complexity index is 835.